The number of nitrogens with one attached hydrogen (secondary N) is 2. The lowest BCUT2D eigenvalue weighted by molar-refractivity contribution is -0.940. The van der Waals surface area contributed by atoms with E-state index >= 15 is 0 Å². The van der Waals surface area contributed by atoms with Gasteiger partial charge in [0.1, 0.15) is 44.6 Å². The van der Waals surface area contributed by atoms with Gasteiger partial charge in [0.15, 0.2) is 17.3 Å². The molecule has 5 atom stereocenters. The number of epoxide rings is 1. The first-order valence-corrected chi connectivity index (χ1v) is 24.1. The lowest BCUT2D eigenvalue weighted by Gasteiger charge is -2.41. The molecule has 2 amide bonds. The van der Waals surface area contributed by atoms with Crippen LogP contribution in [0.4, 0.5) is 0 Å². The zero-order chi connectivity index (χ0) is 49.4. The van der Waals surface area contributed by atoms with Crippen LogP contribution in [0.1, 0.15) is 103 Å². The summed E-state index contributed by atoms with van der Waals surface area (Å²) in [4.78, 5) is 88.4. The largest absolute Gasteiger partial charge is 0.426 e. The van der Waals surface area contributed by atoms with Crippen LogP contribution in [0.2, 0.25) is 0 Å². The van der Waals surface area contributed by atoms with Crippen molar-refractivity contribution in [1.82, 2.24) is 10.6 Å². The fourth-order valence-corrected chi connectivity index (χ4v) is 9.09. The minimum atomic E-state index is -0.935. The summed E-state index contributed by atoms with van der Waals surface area (Å²) in [5.41, 5.74) is 2.97. The Hall–Kier alpha value is -5.57. The van der Waals surface area contributed by atoms with Gasteiger partial charge in [-0.1, -0.05) is 93.5 Å². The average molecular weight is 938 g/mol. The monoisotopic (exact) mass is 938 g/mol. The second-order valence-electron chi connectivity index (χ2n) is 19.8. The molecule has 14 heteroatoms. The number of rotatable bonds is 27. The Morgan fingerprint density at radius 1 is 0.765 bits per heavy atom. The topological polar surface area (TPSA) is 179 Å². The van der Waals surface area contributed by atoms with E-state index in [4.69, 9.17) is 19.0 Å². The first-order chi connectivity index (χ1) is 32.4. The van der Waals surface area contributed by atoms with Crippen molar-refractivity contribution in [2.24, 2.45) is 28.8 Å². The molecule has 0 unspecified atom stereocenters. The SMILES string of the molecule is CO/N=C(\C)c1cc(C[N+]2(CC(=O)C[C@@H](CCc3ccccc3)C(=O)N[C@@H](CC(C)C)C(=O)C[C@@H](Cc3ccccc3)C(=O)N[C@@H](CC(C)C)C(=O)[C@@]3(C)CO3)CCOCC2)ccc1OC(C)=O. The smallest absolute Gasteiger partial charge is 0.308 e. The van der Waals surface area contributed by atoms with Gasteiger partial charge in [0, 0.05) is 42.7 Å². The second kappa shape index (κ2) is 25.2. The molecule has 0 bridgehead atoms. The van der Waals surface area contributed by atoms with Crippen molar-refractivity contribution >= 4 is 40.8 Å². The molecule has 368 valence electrons. The van der Waals surface area contributed by atoms with Crippen LogP contribution in [0.3, 0.4) is 0 Å². The number of benzene rings is 3. The number of esters is 1. The van der Waals surface area contributed by atoms with Gasteiger partial charge in [-0.3, -0.25) is 28.8 Å². The Morgan fingerprint density at radius 2 is 1.35 bits per heavy atom. The van der Waals surface area contributed by atoms with Crippen molar-refractivity contribution in [2.75, 3.05) is 46.6 Å². The molecule has 2 heterocycles. The maximum absolute atomic E-state index is 14.6. The Morgan fingerprint density at radius 3 is 1.94 bits per heavy atom. The van der Waals surface area contributed by atoms with Crippen LogP contribution in [0.25, 0.3) is 0 Å². The Kier molecular flexibility index (Phi) is 19.8. The Labute approximate surface area is 402 Å². The third-order valence-electron chi connectivity index (χ3n) is 12.8. The summed E-state index contributed by atoms with van der Waals surface area (Å²) in [5, 5.41) is 10.2. The molecule has 2 fully saturated rings. The van der Waals surface area contributed by atoms with Crippen LogP contribution in [-0.4, -0.2) is 110 Å². The van der Waals surface area contributed by atoms with Crippen molar-refractivity contribution < 1.29 is 52.3 Å². The van der Waals surface area contributed by atoms with Gasteiger partial charge in [-0.05, 0) is 87.1 Å². The summed E-state index contributed by atoms with van der Waals surface area (Å²) in [7, 11) is 1.44. The molecule has 68 heavy (non-hydrogen) atoms. The number of nitrogens with zero attached hydrogens (tertiary/aromatic N) is 2. The van der Waals surface area contributed by atoms with E-state index in [1.807, 2.05) is 100 Å². The van der Waals surface area contributed by atoms with Crippen molar-refractivity contribution in [3.63, 3.8) is 0 Å². The van der Waals surface area contributed by atoms with Gasteiger partial charge in [0.2, 0.25) is 11.8 Å². The van der Waals surface area contributed by atoms with Gasteiger partial charge in [0.05, 0.1) is 37.6 Å². The highest BCUT2D eigenvalue weighted by atomic mass is 16.6. The van der Waals surface area contributed by atoms with Gasteiger partial charge < -0.3 is 34.2 Å². The molecule has 3 aromatic carbocycles. The predicted molar refractivity (Wildman–Crippen MR) is 260 cm³/mol. The summed E-state index contributed by atoms with van der Waals surface area (Å²) >= 11 is 0. The van der Waals surface area contributed by atoms with Gasteiger partial charge in [-0.2, -0.15) is 0 Å². The lowest BCUT2D eigenvalue weighted by Crippen LogP contribution is -2.57. The number of Topliss-reactive ketones (excluding diaryl/α,β-unsaturated/α-hetero) is 3. The van der Waals surface area contributed by atoms with Crippen LogP contribution >= 0.6 is 0 Å². The van der Waals surface area contributed by atoms with E-state index in [-0.39, 0.29) is 60.9 Å². The van der Waals surface area contributed by atoms with Gasteiger partial charge in [-0.25, -0.2) is 0 Å². The third-order valence-corrected chi connectivity index (χ3v) is 12.8. The number of carbonyl (C=O) groups is 6. The molecule has 2 N–H and O–H groups in total. The molecule has 0 radical (unpaired) electrons. The van der Waals surface area contributed by atoms with E-state index < -0.39 is 41.4 Å². The highest BCUT2D eigenvalue weighted by Gasteiger charge is 2.50. The Balaban J connectivity index is 1.38. The minimum absolute atomic E-state index is 0.0150. The van der Waals surface area contributed by atoms with E-state index in [9.17, 15) is 28.8 Å². The fraction of sp³-hybridized carbons (Fsp3) is 0.537. The number of hydrogen-bond acceptors (Lipinski definition) is 11. The standard InChI is InChI=1S/C54H72N4O10/c1-36(2)27-47(49(61)32-44(29-41-17-13-10-14-18-41)53(64)56-48(28-37(3)4)51(62)54(7)35-67-54)55-52(63)43(21-19-40-15-11-9-12-16-40)31-45(60)34-58(23-25-66-26-24-58)33-42-20-22-50(68-39(6)59)46(30-42)38(5)57-65-8/h9-18,20,22,30,36-37,43-44,47-48H,19,21,23-29,31-35H2,1-8H3,(H-,55,56,63,64)/p+1/b57-38+/t43-,44-,47+,48+,54-/m1/s1. The minimum Gasteiger partial charge on any atom is -0.426 e. The van der Waals surface area contributed by atoms with Crippen LogP contribution < -0.4 is 15.4 Å². The summed E-state index contributed by atoms with van der Waals surface area (Å²) in [6.45, 7) is 15.7. The fourth-order valence-electron chi connectivity index (χ4n) is 9.09. The van der Waals surface area contributed by atoms with Crippen LogP contribution in [0.15, 0.2) is 84.0 Å². The molecule has 2 saturated heterocycles. The number of ether oxygens (including phenoxy) is 3. The van der Waals surface area contributed by atoms with Crippen molar-refractivity contribution in [3.05, 3.63) is 101 Å². The van der Waals surface area contributed by atoms with Crippen molar-refractivity contribution in [3.8, 4) is 5.75 Å². The molecule has 2 aliphatic rings. The molecular weight excluding hydrogens is 865 g/mol. The highest BCUT2D eigenvalue weighted by molar-refractivity contribution is 6.01. The zero-order valence-electron chi connectivity index (χ0n) is 41.3. The molecule has 0 saturated carbocycles. The predicted octanol–water partition coefficient (Wildman–Crippen LogP) is 6.78. The normalized spacial score (nSPS) is 18.5. The number of amides is 2. The number of carbonyl (C=O) groups excluding carboxylic acids is 6. The third kappa shape index (κ3) is 16.3. The molecule has 3 aromatic rings. The second-order valence-corrected chi connectivity index (χ2v) is 19.8. The number of oxime groups is 1. The molecular formula is C54H73N4O10+. The van der Waals surface area contributed by atoms with Gasteiger partial charge in [-0.15, -0.1) is 0 Å². The maximum atomic E-state index is 14.6. The Bertz CT molecular complexity index is 2220. The maximum Gasteiger partial charge on any atom is 0.308 e. The van der Waals surface area contributed by atoms with Crippen molar-refractivity contribution in [1.29, 1.82) is 0 Å². The molecule has 0 spiro atoms. The van der Waals surface area contributed by atoms with E-state index in [0.29, 0.717) is 86.6 Å². The van der Waals surface area contributed by atoms with Crippen molar-refractivity contribution in [2.45, 2.75) is 118 Å². The van der Waals surface area contributed by atoms with E-state index in [2.05, 4.69) is 15.8 Å². The molecule has 0 aromatic heterocycles. The molecule has 14 nitrogen and oxygen atoms in total. The first kappa shape index (κ1) is 53.4. The van der Waals surface area contributed by atoms with Crippen LogP contribution in [0.5, 0.6) is 5.75 Å². The number of aryl methyl sites for hydroxylation is 1. The number of quaternary nitrogens is 1. The quantitative estimate of drug-likeness (QED) is 0.0207. The van der Waals surface area contributed by atoms with E-state index in [0.717, 1.165) is 16.7 Å². The number of ketones is 3. The van der Waals surface area contributed by atoms with Gasteiger partial charge >= 0.3 is 5.97 Å². The molecule has 5 rings (SSSR count). The zero-order valence-corrected chi connectivity index (χ0v) is 41.3. The van der Waals surface area contributed by atoms with Crippen LogP contribution in [-0.2, 0) is 62.5 Å². The van der Waals surface area contributed by atoms with E-state index in [1.165, 1.54) is 14.0 Å². The van der Waals surface area contributed by atoms with Crippen LogP contribution in [0, 0.1) is 23.7 Å². The first-order valence-electron chi connectivity index (χ1n) is 24.1. The summed E-state index contributed by atoms with van der Waals surface area (Å²) < 4.78 is 17.1. The number of morpholine rings is 1. The van der Waals surface area contributed by atoms with E-state index in [1.54, 1.807) is 19.9 Å². The summed E-state index contributed by atoms with van der Waals surface area (Å²) in [6, 6.07) is 23.1. The molecule has 0 aliphatic carbocycles. The summed E-state index contributed by atoms with van der Waals surface area (Å²) in [5.74, 6) is -2.90. The average Bonchev–Trinajstić information content (AvgIpc) is 4.05. The highest BCUT2D eigenvalue weighted by Crippen LogP contribution is 2.31. The molecule has 2 aliphatic heterocycles. The summed E-state index contributed by atoms with van der Waals surface area (Å²) in [6.07, 6.45) is 1.74. The lowest BCUT2D eigenvalue weighted by atomic mass is 9.87. The number of hydrogen-bond donors (Lipinski definition) is 2. The van der Waals surface area contributed by atoms with Gasteiger partial charge in [0.25, 0.3) is 0 Å².